The van der Waals surface area contributed by atoms with Crippen molar-refractivity contribution >= 4 is 34.0 Å². The van der Waals surface area contributed by atoms with Crippen molar-refractivity contribution in [2.24, 2.45) is 0 Å². The number of non-ortho nitro benzene ring substituents is 1. The lowest BCUT2D eigenvalue weighted by Gasteiger charge is -2.16. The molecule has 1 atom stereocenters. The molecule has 0 fully saturated rings. The van der Waals surface area contributed by atoms with E-state index >= 15 is 0 Å². The number of phenols is 1. The molecule has 0 aliphatic heterocycles. The van der Waals surface area contributed by atoms with E-state index in [1.807, 2.05) is 0 Å². The zero-order chi connectivity index (χ0) is 21.8. The lowest BCUT2D eigenvalue weighted by molar-refractivity contribution is -0.384. The number of hydrogen-bond donors (Lipinski definition) is 2. The highest BCUT2D eigenvalue weighted by atomic mass is 16.6. The van der Waals surface area contributed by atoms with Gasteiger partial charge in [0.2, 0.25) is 0 Å². The highest BCUT2D eigenvalue weighted by Crippen LogP contribution is 2.30. The molecule has 2 N–H and O–H groups in total. The van der Waals surface area contributed by atoms with E-state index < -0.39 is 22.9 Å². The largest absolute Gasteiger partial charge is 0.506 e. The van der Waals surface area contributed by atoms with E-state index in [2.05, 4.69) is 5.32 Å². The first-order valence-electron chi connectivity index (χ1n) is 8.86. The molecule has 3 aromatic carbocycles. The van der Waals surface area contributed by atoms with Crippen LogP contribution in [-0.4, -0.2) is 35.1 Å². The average Bonchev–Trinajstić information content (AvgIpc) is 2.74. The van der Waals surface area contributed by atoms with Gasteiger partial charge in [0.05, 0.1) is 23.8 Å². The van der Waals surface area contributed by atoms with Gasteiger partial charge < -0.3 is 19.9 Å². The molecule has 154 valence electrons. The van der Waals surface area contributed by atoms with Crippen LogP contribution in [0.3, 0.4) is 0 Å². The van der Waals surface area contributed by atoms with Gasteiger partial charge in [-0.25, -0.2) is 4.79 Å². The first-order valence-corrected chi connectivity index (χ1v) is 8.86. The topological polar surface area (TPSA) is 128 Å². The Bertz CT molecular complexity index is 1140. The molecule has 3 aromatic rings. The van der Waals surface area contributed by atoms with Crippen molar-refractivity contribution in [3.8, 4) is 11.5 Å². The SMILES string of the molecule is COc1cc([N+](=O)[O-])ccc1NC(=O)[C@H](C)OC(=O)c1ccc2ccccc2c1O. The van der Waals surface area contributed by atoms with Crippen molar-refractivity contribution in [3.05, 3.63) is 70.3 Å². The van der Waals surface area contributed by atoms with E-state index in [9.17, 15) is 24.8 Å². The Balaban J connectivity index is 1.74. The van der Waals surface area contributed by atoms with Gasteiger partial charge in [0.15, 0.2) is 6.10 Å². The summed E-state index contributed by atoms with van der Waals surface area (Å²) in [7, 11) is 1.31. The molecular formula is C21H18N2O7. The molecule has 9 nitrogen and oxygen atoms in total. The molecule has 0 unspecified atom stereocenters. The van der Waals surface area contributed by atoms with Crippen molar-refractivity contribution < 1.29 is 29.1 Å². The number of nitrogens with zero attached hydrogens (tertiary/aromatic N) is 1. The first-order chi connectivity index (χ1) is 14.3. The summed E-state index contributed by atoms with van der Waals surface area (Å²) in [5, 5.41) is 25.0. The third kappa shape index (κ3) is 4.14. The highest BCUT2D eigenvalue weighted by Gasteiger charge is 2.23. The van der Waals surface area contributed by atoms with Crippen molar-refractivity contribution in [1.82, 2.24) is 0 Å². The molecule has 0 aliphatic rings. The molecule has 0 spiro atoms. The van der Waals surface area contributed by atoms with Crippen LogP contribution < -0.4 is 10.1 Å². The first kappa shape index (κ1) is 20.6. The number of anilines is 1. The number of amides is 1. The number of ether oxygens (including phenoxy) is 2. The number of nitro groups is 1. The molecule has 0 radical (unpaired) electrons. The minimum absolute atomic E-state index is 0.0683. The van der Waals surface area contributed by atoms with Crippen molar-refractivity contribution in [1.29, 1.82) is 0 Å². The van der Waals surface area contributed by atoms with Crippen LogP contribution in [0.4, 0.5) is 11.4 Å². The fraction of sp³-hybridized carbons (Fsp3) is 0.143. The van der Waals surface area contributed by atoms with E-state index in [0.29, 0.717) is 5.39 Å². The van der Waals surface area contributed by atoms with Crippen LogP contribution in [0.1, 0.15) is 17.3 Å². The van der Waals surface area contributed by atoms with Crippen molar-refractivity contribution in [3.63, 3.8) is 0 Å². The second kappa shape index (κ2) is 8.48. The Hall–Kier alpha value is -4.14. The zero-order valence-corrected chi connectivity index (χ0v) is 16.1. The monoisotopic (exact) mass is 410 g/mol. The second-order valence-electron chi connectivity index (χ2n) is 6.36. The van der Waals surface area contributed by atoms with E-state index in [-0.39, 0.29) is 28.4 Å². The normalized spacial score (nSPS) is 11.5. The number of esters is 1. The average molecular weight is 410 g/mol. The molecule has 3 rings (SSSR count). The van der Waals surface area contributed by atoms with Crippen LogP contribution >= 0.6 is 0 Å². The molecule has 1 amide bonds. The minimum atomic E-state index is -1.21. The number of hydrogen-bond acceptors (Lipinski definition) is 7. The van der Waals surface area contributed by atoms with Crippen LogP contribution in [0.25, 0.3) is 10.8 Å². The van der Waals surface area contributed by atoms with Gasteiger partial charge in [0.25, 0.3) is 11.6 Å². The number of rotatable bonds is 6. The molecule has 9 heteroatoms. The van der Waals surface area contributed by atoms with Gasteiger partial charge in [0, 0.05) is 11.5 Å². The maximum atomic E-state index is 12.5. The van der Waals surface area contributed by atoms with Crippen LogP contribution in [0, 0.1) is 10.1 Å². The summed E-state index contributed by atoms with van der Waals surface area (Å²) in [5.41, 5.74) is -0.0816. The van der Waals surface area contributed by atoms with Gasteiger partial charge >= 0.3 is 5.97 Å². The van der Waals surface area contributed by atoms with E-state index in [0.717, 1.165) is 5.39 Å². The van der Waals surface area contributed by atoms with Crippen LogP contribution in [0.2, 0.25) is 0 Å². The summed E-state index contributed by atoms with van der Waals surface area (Å²) in [6.45, 7) is 1.36. The summed E-state index contributed by atoms with van der Waals surface area (Å²) in [4.78, 5) is 35.2. The number of nitrogens with one attached hydrogen (secondary N) is 1. The Morgan fingerprint density at radius 3 is 2.57 bits per heavy atom. The number of methoxy groups -OCH3 is 1. The molecule has 0 aromatic heterocycles. The predicted octanol–water partition coefficient (Wildman–Crippen LogP) is 3.65. The van der Waals surface area contributed by atoms with Crippen LogP contribution in [0.5, 0.6) is 11.5 Å². The van der Waals surface area contributed by atoms with Gasteiger partial charge in [-0.1, -0.05) is 30.3 Å². The lowest BCUT2D eigenvalue weighted by Crippen LogP contribution is -2.30. The van der Waals surface area contributed by atoms with E-state index in [1.54, 1.807) is 30.3 Å². The van der Waals surface area contributed by atoms with Gasteiger partial charge in [-0.15, -0.1) is 0 Å². The molecule has 30 heavy (non-hydrogen) atoms. The fourth-order valence-electron chi connectivity index (χ4n) is 2.83. The standard InChI is InChI=1S/C21H18N2O7/c1-12(20(25)22-17-10-8-14(23(27)28)11-18(17)29-2)30-21(26)16-9-7-13-5-3-4-6-15(13)19(16)24/h3-12,24H,1-2H3,(H,22,25)/t12-/m0/s1. The Labute approximate surface area is 171 Å². The summed E-state index contributed by atoms with van der Waals surface area (Å²) in [5.74, 6) is -1.68. The number of benzene rings is 3. The quantitative estimate of drug-likeness (QED) is 0.361. The zero-order valence-electron chi connectivity index (χ0n) is 16.1. The maximum absolute atomic E-state index is 12.5. The number of aromatic hydroxyl groups is 1. The smallest absolute Gasteiger partial charge is 0.342 e. The second-order valence-corrected chi connectivity index (χ2v) is 6.36. The number of fused-ring (bicyclic) bond motifs is 1. The van der Waals surface area contributed by atoms with E-state index in [4.69, 9.17) is 9.47 Å². The molecular weight excluding hydrogens is 392 g/mol. The van der Waals surface area contributed by atoms with Crippen molar-refractivity contribution in [2.75, 3.05) is 12.4 Å². The Kier molecular flexibility index (Phi) is 5.82. The Morgan fingerprint density at radius 2 is 1.87 bits per heavy atom. The highest BCUT2D eigenvalue weighted by molar-refractivity contribution is 6.03. The predicted molar refractivity (Wildman–Crippen MR) is 109 cm³/mol. The third-order valence-corrected chi connectivity index (χ3v) is 4.43. The van der Waals surface area contributed by atoms with Gasteiger partial charge in [0.1, 0.15) is 17.1 Å². The van der Waals surface area contributed by atoms with Crippen LogP contribution in [-0.2, 0) is 9.53 Å². The third-order valence-electron chi connectivity index (χ3n) is 4.43. The number of phenolic OH excluding ortho intramolecular Hbond substituents is 1. The molecule has 0 saturated carbocycles. The molecule has 0 heterocycles. The molecule has 0 bridgehead atoms. The minimum Gasteiger partial charge on any atom is -0.506 e. The Morgan fingerprint density at radius 1 is 1.13 bits per heavy atom. The van der Waals surface area contributed by atoms with Gasteiger partial charge in [-0.2, -0.15) is 0 Å². The van der Waals surface area contributed by atoms with E-state index in [1.165, 1.54) is 38.3 Å². The van der Waals surface area contributed by atoms with Crippen LogP contribution in [0.15, 0.2) is 54.6 Å². The molecule has 0 saturated heterocycles. The summed E-state index contributed by atoms with van der Waals surface area (Å²) >= 11 is 0. The summed E-state index contributed by atoms with van der Waals surface area (Å²) < 4.78 is 10.2. The number of nitro benzene ring substituents is 1. The van der Waals surface area contributed by atoms with Gasteiger partial charge in [-0.3, -0.25) is 14.9 Å². The number of carbonyl (C=O) groups excluding carboxylic acids is 2. The fourth-order valence-corrected chi connectivity index (χ4v) is 2.83. The maximum Gasteiger partial charge on any atom is 0.342 e. The summed E-state index contributed by atoms with van der Waals surface area (Å²) in [6.07, 6.45) is -1.21. The summed E-state index contributed by atoms with van der Waals surface area (Å²) in [6, 6.07) is 13.8. The lowest BCUT2D eigenvalue weighted by atomic mass is 10.1. The van der Waals surface area contributed by atoms with Crippen molar-refractivity contribution in [2.45, 2.75) is 13.0 Å². The number of carbonyl (C=O) groups is 2. The molecule has 0 aliphatic carbocycles. The van der Waals surface area contributed by atoms with Gasteiger partial charge in [-0.05, 0) is 24.4 Å².